The summed E-state index contributed by atoms with van der Waals surface area (Å²) in [4.78, 5) is 21.2. The highest BCUT2D eigenvalue weighted by Gasteiger charge is 2.26. The molecule has 118 valence electrons. The lowest BCUT2D eigenvalue weighted by molar-refractivity contribution is -0.383. The molecule has 1 aromatic rings. The highest BCUT2D eigenvalue weighted by molar-refractivity contribution is 5.70. The Bertz CT molecular complexity index is 467. The molecule has 21 heavy (non-hydrogen) atoms. The molecule has 0 aliphatic heterocycles. The number of nitrogens with one attached hydrogen (secondary N) is 1. The summed E-state index contributed by atoms with van der Waals surface area (Å²) in [5.41, 5.74) is -0.0314. The van der Waals surface area contributed by atoms with Crippen LogP contribution in [0.2, 0.25) is 0 Å². The summed E-state index contributed by atoms with van der Waals surface area (Å²) in [6, 6.07) is 0. The van der Waals surface area contributed by atoms with Gasteiger partial charge in [-0.1, -0.05) is 27.2 Å². The van der Waals surface area contributed by atoms with Crippen molar-refractivity contribution in [3.63, 3.8) is 0 Å². The minimum absolute atomic E-state index is 0.0314. The fourth-order valence-corrected chi connectivity index (χ4v) is 2.01. The Hall–Kier alpha value is -1.92. The molecule has 1 unspecified atom stereocenters. The molecule has 0 bridgehead atoms. The monoisotopic (exact) mass is 295 g/mol. The van der Waals surface area contributed by atoms with Gasteiger partial charge in [0.1, 0.15) is 6.33 Å². The predicted molar refractivity (Wildman–Crippen MR) is 84.8 cm³/mol. The van der Waals surface area contributed by atoms with Crippen molar-refractivity contribution in [2.24, 2.45) is 5.92 Å². The average molecular weight is 295 g/mol. The van der Waals surface area contributed by atoms with Gasteiger partial charge in [-0.05, 0) is 19.3 Å². The second-order valence-corrected chi connectivity index (χ2v) is 5.13. The van der Waals surface area contributed by atoms with Crippen molar-refractivity contribution in [3.05, 3.63) is 16.4 Å². The second-order valence-electron chi connectivity index (χ2n) is 5.13. The van der Waals surface area contributed by atoms with Gasteiger partial charge < -0.3 is 10.2 Å². The zero-order chi connectivity index (χ0) is 15.8. The van der Waals surface area contributed by atoms with Gasteiger partial charge in [0.25, 0.3) is 0 Å². The first-order valence-electron chi connectivity index (χ1n) is 7.53. The van der Waals surface area contributed by atoms with E-state index in [9.17, 15) is 10.1 Å². The molecule has 7 nitrogen and oxygen atoms in total. The van der Waals surface area contributed by atoms with Crippen LogP contribution in [0.3, 0.4) is 0 Å². The van der Waals surface area contributed by atoms with Crippen LogP contribution in [0.4, 0.5) is 17.3 Å². The van der Waals surface area contributed by atoms with Gasteiger partial charge in [-0.25, -0.2) is 9.97 Å². The number of hydrogen-bond donors (Lipinski definition) is 1. The van der Waals surface area contributed by atoms with Crippen molar-refractivity contribution in [2.45, 2.75) is 40.5 Å². The maximum absolute atomic E-state index is 11.4. The molecular formula is C14H25N5O2. The van der Waals surface area contributed by atoms with Crippen molar-refractivity contribution in [3.8, 4) is 0 Å². The second kappa shape index (κ2) is 8.39. The van der Waals surface area contributed by atoms with Gasteiger partial charge in [0, 0.05) is 19.6 Å². The van der Waals surface area contributed by atoms with Gasteiger partial charge >= 0.3 is 5.69 Å². The van der Waals surface area contributed by atoms with Gasteiger partial charge in [0.2, 0.25) is 11.6 Å². The van der Waals surface area contributed by atoms with Crippen LogP contribution in [0, 0.1) is 16.0 Å². The van der Waals surface area contributed by atoms with Crippen molar-refractivity contribution in [1.82, 2.24) is 9.97 Å². The Morgan fingerprint density at radius 2 is 2.10 bits per heavy atom. The fraction of sp³-hybridized carbons (Fsp3) is 0.714. The Morgan fingerprint density at radius 1 is 1.38 bits per heavy atom. The third-order valence-corrected chi connectivity index (χ3v) is 3.44. The molecule has 1 rings (SSSR count). The highest BCUT2D eigenvalue weighted by Crippen LogP contribution is 2.32. The number of nitro groups is 1. The molecule has 0 aliphatic rings. The van der Waals surface area contributed by atoms with E-state index in [4.69, 9.17) is 0 Å². The number of nitrogens with zero attached hydrogens (tertiary/aromatic N) is 4. The Labute approximate surface area is 125 Å². The van der Waals surface area contributed by atoms with Gasteiger partial charge in [-0.3, -0.25) is 10.1 Å². The number of anilines is 2. The van der Waals surface area contributed by atoms with Gasteiger partial charge in [-0.15, -0.1) is 0 Å². The van der Waals surface area contributed by atoms with E-state index in [1.165, 1.54) is 6.33 Å². The van der Waals surface area contributed by atoms with E-state index >= 15 is 0 Å². The maximum Gasteiger partial charge on any atom is 0.353 e. The lowest BCUT2D eigenvalue weighted by Gasteiger charge is -2.25. The molecule has 0 amide bonds. The van der Waals surface area contributed by atoms with Crippen LogP contribution < -0.4 is 10.2 Å². The minimum Gasteiger partial charge on any atom is -0.364 e. The third kappa shape index (κ3) is 4.54. The summed E-state index contributed by atoms with van der Waals surface area (Å²) in [6.45, 7) is 10.3. The Balaban J connectivity index is 3.16. The quantitative estimate of drug-likeness (QED) is 0.556. The van der Waals surface area contributed by atoms with Gasteiger partial charge in [-0.2, -0.15) is 0 Å². The van der Waals surface area contributed by atoms with Crippen LogP contribution in [0.5, 0.6) is 0 Å². The highest BCUT2D eigenvalue weighted by atomic mass is 16.6. The minimum atomic E-state index is -0.396. The van der Waals surface area contributed by atoms with Crippen molar-refractivity contribution in [1.29, 1.82) is 0 Å². The van der Waals surface area contributed by atoms with Crippen molar-refractivity contribution < 1.29 is 4.92 Å². The maximum atomic E-state index is 11.4. The van der Waals surface area contributed by atoms with E-state index in [1.54, 1.807) is 0 Å². The number of rotatable bonds is 9. The summed E-state index contributed by atoms with van der Waals surface area (Å²) in [6.07, 6.45) is 3.29. The Morgan fingerprint density at radius 3 is 2.62 bits per heavy atom. The van der Waals surface area contributed by atoms with Crippen LogP contribution >= 0.6 is 0 Å². The summed E-state index contributed by atoms with van der Waals surface area (Å²) < 4.78 is 0. The first kappa shape index (κ1) is 17.1. The van der Waals surface area contributed by atoms with E-state index in [0.29, 0.717) is 30.6 Å². The van der Waals surface area contributed by atoms with Crippen LogP contribution in [-0.2, 0) is 0 Å². The molecule has 0 saturated heterocycles. The molecule has 0 radical (unpaired) electrons. The van der Waals surface area contributed by atoms with E-state index in [-0.39, 0.29) is 5.69 Å². The molecule has 1 N–H and O–H groups in total. The summed E-state index contributed by atoms with van der Waals surface area (Å²) in [5, 5.41) is 14.5. The molecule has 1 aromatic heterocycles. The molecule has 0 saturated carbocycles. The average Bonchev–Trinajstić information content (AvgIpc) is 2.49. The molecule has 1 heterocycles. The van der Waals surface area contributed by atoms with E-state index in [2.05, 4.69) is 29.1 Å². The summed E-state index contributed by atoms with van der Waals surface area (Å²) in [5.74, 6) is 1.15. The van der Waals surface area contributed by atoms with E-state index in [0.717, 1.165) is 19.4 Å². The van der Waals surface area contributed by atoms with Crippen molar-refractivity contribution in [2.75, 3.05) is 29.9 Å². The van der Waals surface area contributed by atoms with Crippen LogP contribution in [0.15, 0.2) is 6.33 Å². The van der Waals surface area contributed by atoms with Crippen LogP contribution in [0.1, 0.15) is 40.5 Å². The van der Waals surface area contributed by atoms with Gasteiger partial charge in [0.15, 0.2) is 0 Å². The van der Waals surface area contributed by atoms with Crippen LogP contribution in [0.25, 0.3) is 0 Å². The van der Waals surface area contributed by atoms with Gasteiger partial charge in [0.05, 0.1) is 4.92 Å². The SMILES string of the molecule is CCCNc1ncnc(N(CC)CC(C)CC)c1[N+](=O)[O-]. The first-order valence-corrected chi connectivity index (χ1v) is 7.53. The third-order valence-electron chi connectivity index (χ3n) is 3.44. The standard InChI is InChI=1S/C14H25N5O2/c1-5-8-15-13-12(19(20)21)14(17-10-16-13)18(7-3)9-11(4)6-2/h10-11H,5-9H2,1-4H3,(H,15,16,17). The molecule has 7 heteroatoms. The number of hydrogen-bond acceptors (Lipinski definition) is 6. The molecule has 0 spiro atoms. The lowest BCUT2D eigenvalue weighted by Crippen LogP contribution is -2.30. The fourth-order valence-electron chi connectivity index (χ4n) is 2.01. The normalized spacial score (nSPS) is 12.0. The summed E-state index contributed by atoms with van der Waals surface area (Å²) in [7, 11) is 0. The zero-order valence-electron chi connectivity index (χ0n) is 13.3. The van der Waals surface area contributed by atoms with Crippen molar-refractivity contribution >= 4 is 17.3 Å². The predicted octanol–water partition coefficient (Wildman–Crippen LogP) is 3.08. The molecule has 1 atom stereocenters. The lowest BCUT2D eigenvalue weighted by atomic mass is 10.1. The van der Waals surface area contributed by atoms with E-state index < -0.39 is 4.92 Å². The molecule has 0 aromatic carbocycles. The van der Waals surface area contributed by atoms with Crippen LogP contribution in [-0.4, -0.2) is 34.5 Å². The molecular weight excluding hydrogens is 270 g/mol. The largest absolute Gasteiger partial charge is 0.364 e. The summed E-state index contributed by atoms with van der Waals surface area (Å²) >= 11 is 0. The zero-order valence-corrected chi connectivity index (χ0v) is 13.3. The topological polar surface area (TPSA) is 84.2 Å². The van der Waals surface area contributed by atoms with E-state index in [1.807, 2.05) is 18.7 Å². The number of aromatic nitrogens is 2. The smallest absolute Gasteiger partial charge is 0.353 e. The molecule has 0 aliphatic carbocycles. The molecule has 0 fully saturated rings. The first-order chi connectivity index (χ1) is 10.0. The Kier molecular flexibility index (Phi) is 6.84.